The van der Waals surface area contributed by atoms with Crippen LogP contribution in [0.3, 0.4) is 0 Å². The SMILES string of the molecule is CN=C(NCc1ccc(N2CCCC2=O)cc1)N1CCN(c2cccs2)CC1.I. The van der Waals surface area contributed by atoms with Crippen LogP contribution < -0.4 is 15.1 Å². The van der Waals surface area contributed by atoms with E-state index < -0.39 is 0 Å². The van der Waals surface area contributed by atoms with Crippen molar-refractivity contribution in [2.75, 3.05) is 49.6 Å². The number of aliphatic imine (C=N–C) groups is 1. The van der Waals surface area contributed by atoms with Gasteiger partial charge in [0.05, 0.1) is 5.00 Å². The number of benzene rings is 1. The summed E-state index contributed by atoms with van der Waals surface area (Å²) in [6.07, 6.45) is 1.62. The molecule has 29 heavy (non-hydrogen) atoms. The standard InChI is InChI=1S/C21H27N5OS.HI/c1-22-21(25-13-11-24(12-14-25)20-5-3-15-28-20)23-16-17-6-8-18(9-7-17)26-10-2-4-19(26)27;/h3,5-9,15H,2,4,10-14,16H2,1H3,(H,22,23);1H. The lowest BCUT2D eigenvalue weighted by atomic mass is 10.2. The molecule has 0 spiro atoms. The molecule has 1 amide bonds. The Kier molecular flexibility index (Phi) is 7.77. The molecule has 1 aromatic carbocycles. The first kappa shape index (κ1) is 21.9. The third-order valence-corrected chi connectivity index (χ3v) is 6.31. The van der Waals surface area contributed by atoms with Crippen molar-refractivity contribution in [3.8, 4) is 0 Å². The van der Waals surface area contributed by atoms with Gasteiger partial charge in [-0.2, -0.15) is 0 Å². The zero-order valence-electron chi connectivity index (χ0n) is 16.7. The van der Waals surface area contributed by atoms with Crippen LogP contribution in [0.1, 0.15) is 18.4 Å². The summed E-state index contributed by atoms with van der Waals surface area (Å²) < 4.78 is 0. The Labute approximate surface area is 193 Å². The van der Waals surface area contributed by atoms with Crippen LogP contribution in [0.4, 0.5) is 10.7 Å². The van der Waals surface area contributed by atoms with Gasteiger partial charge in [0, 0.05) is 58.4 Å². The molecule has 3 heterocycles. The van der Waals surface area contributed by atoms with E-state index in [0.717, 1.165) is 57.3 Å². The average molecular weight is 525 g/mol. The molecule has 2 fully saturated rings. The molecule has 156 valence electrons. The zero-order valence-corrected chi connectivity index (χ0v) is 19.9. The zero-order chi connectivity index (χ0) is 19.3. The number of thiophene rings is 1. The van der Waals surface area contributed by atoms with Gasteiger partial charge in [0.1, 0.15) is 0 Å². The van der Waals surface area contributed by atoms with Crippen LogP contribution in [0.25, 0.3) is 0 Å². The number of rotatable bonds is 4. The lowest BCUT2D eigenvalue weighted by Gasteiger charge is -2.37. The molecule has 0 unspecified atom stereocenters. The van der Waals surface area contributed by atoms with E-state index in [1.807, 2.05) is 24.1 Å². The van der Waals surface area contributed by atoms with Gasteiger partial charge < -0.3 is 20.0 Å². The molecule has 8 heteroatoms. The van der Waals surface area contributed by atoms with E-state index in [-0.39, 0.29) is 29.9 Å². The number of nitrogens with zero attached hydrogens (tertiary/aromatic N) is 4. The summed E-state index contributed by atoms with van der Waals surface area (Å²) in [7, 11) is 1.84. The smallest absolute Gasteiger partial charge is 0.227 e. The fourth-order valence-corrected chi connectivity index (χ4v) is 4.60. The van der Waals surface area contributed by atoms with E-state index in [4.69, 9.17) is 0 Å². The Bertz CT molecular complexity index is 816. The minimum absolute atomic E-state index is 0. The van der Waals surface area contributed by atoms with Gasteiger partial charge in [0.15, 0.2) is 5.96 Å². The van der Waals surface area contributed by atoms with Gasteiger partial charge in [-0.05, 0) is 41.6 Å². The molecule has 4 rings (SSSR count). The van der Waals surface area contributed by atoms with E-state index in [0.29, 0.717) is 6.42 Å². The average Bonchev–Trinajstić information content (AvgIpc) is 3.41. The van der Waals surface area contributed by atoms with Crippen molar-refractivity contribution < 1.29 is 4.79 Å². The quantitative estimate of drug-likeness (QED) is 0.378. The van der Waals surface area contributed by atoms with E-state index in [1.54, 1.807) is 11.3 Å². The highest BCUT2D eigenvalue weighted by Gasteiger charge is 2.22. The molecule has 0 aliphatic carbocycles. The predicted molar refractivity (Wildman–Crippen MR) is 132 cm³/mol. The third kappa shape index (κ3) is 5.22. The summed E-state index contributed by atoms with van der Waals surface area (Å²) in [6, 6.07) is 12.6. The first-order valence-electron chi connectivity index (χ1n) is 9.88. The van der Waals surface area contributed by atoms with Crippen molar-refractivity contribution in [3.63, 3.8) is 0 Å². The fourth-order valence-electron chi connectivity index (χ4n) is 3.82. The number of hydrogen-bond acceptors (Lipinski definition) is 4. The van der Waals surface area contributed by atoms with E-state index in [9.17, 15) is 4.79 Å². The fraction of sp³-hybridized carbons (Fsp3) is 0.429. The van der Waals surface area contributed by atoms with Crippen molar-refractivity contribution >= 4 is 57.9 Å². The molecule has 2 saturated heterocycles. The van der Waals surface area contributed by atoms with Crippen LogP contribution in [-0.4, -0.2) is 56.5 Å². The minimum Gasteiger partial charge on any atom is -0.360 e. The summed E-state index contributed by atoms with van der Waals surface area (Å²) in [4.78, 5) is 23.0. The molecule has 1 aromatic heterocycles. The van der Waals surface area contributed by atoms with Crippen LogP contribution in [0.2, 0.25) is 0 Å². The molecule has 0 saturated carbocycles. The number of piperazine rings is 1. The Morgan fingerprint density at radius 3 is 2.45 bits per heavy atom. The predicted octanol–water partition coefficient (Wildman–Crippen LogP) is 3.39. The number of hydrogen-bond donors (Lipinski definition) is 1. The van der Waals surface area contributed by atoms with Gasteiger partial charge in [-0.15, -0.1) is 35.3 Å². The minimum atomic E-state index is 0. The van der Waals surface area contributed by atoms with Gasteiger partial charge in [-0.3, -0.25) is 9.79 Å². The highest BCUT2D eigenvalue weighted by atomic mass is 127. The van der Waals surface area contributed by atoms with Gasteiger partial charge in [-0.1, -0.05) is 12.1 Å². The summed E-state index contributed by atoms with van der Waals surface area (Å²) in [6.45, 7) is 5.52. The number of carbonyl (C=O) groups excluding carboxylic acids is 1. The summed E-state index contributed by atoms with van der Waals surface area (Å²) in [5, 5.41) is 6.96. The summed E-state index contributed by atoms with van der Waals surface area (Å²) >= 11 is 1.80. The monoisotopic (exact) mass is 525 g/mol. The molecular weight excluding hydrogens is 497 g/mol. The lowest BCUT2D eigenvalue weighted by molar-refractivity contribution is -0.117. The van der Waals surface area contributed by atoms with E-state index >= 15 is 0 Å². The molecule has 6 nitrogen and oxygen atoms in total. The summed E-state index contributed by atoms with van der Waals surface area (Å²) in [5.41, 5.74) is 2.19. The van der Waals surface area contributed by atoms with Gasteiger partial charge in [-0.25, -0.2) is 0 Å². The van der Waals surface area contributed by atoms with Crippen LogP contribution in [0.15, 0.2) is 46.8 Å². The van der Waals surface area contributed by atoms with Crippen molar-refractivity contribution in [1.29, 1.82) is 0 Å². The van der Waals surface area contributed by atoms with Crippen LogP contribution in [0, 0.1) is 0 Å². The van der Waals surface area contributed by atoms with Crippen molar-refractivity contribution in [2.45, 2.75) is 19.4 Å². The molecule has 0 radical (unpaired) electrons. The van der Waals surface area contributed by atoms with Crippen molar-refractivity contribution in [1.82, 2.24) is 10.2 Å². The number of amides is 1. The highest BCUT2D eigenvalue weighted by molar-refractivity contribution is 14.0. The van der Waals surface area contributed by atoms with Crippen molar-refractivity contribution in [3.05, 3.63) is 47.3 Å². The lowest BCUT2D eigenvalue weighted by Crippen LogP contribution is -2.52. The number of halogens is 1. The number of anilines is 2. The van der Waals surface area contributed by atoms with E-state index in [2.05, 4.69) is 49.8 Å². The van der Waals surface area contributed by atoms with E-state index in [1.165, 1.54) is 10.6 Å². The second kappa shape index (κ2) is 10.3. The first-order chi connectivity index (χ1) is 13.7. The van der Waals surface area contributed by atoms with Crippen molar-refractivity contribution in [2.24, 2.45) is 4.99 Å². The molecule has 2 aliphatic rings. The maximum absolute atomic E-state index is 11.9. The topological polar surface area (TPSA) is 51.2 Å². The van der Waals surface area contributed by atoms with Crippen LogP contribution >= 0.6 is 35.3 Å². The normalized spacial score (nSPS) is 17.5. The van der Waals surface area contributed by atoms with Gasteiger partial charge in [0.2, 0.25) is 5.91 Å². The molecule has 2 aromatic rings. The number of carbonyl (C=O) groups is 1. The third-order valence-electron chi connectivity index (χ3n) is 5.38. The molecule has 0 atom stereocenters. The number of nitrogens with one attached hydrogen (secondary N) is 1. The molecule has 0 bridgehead atoms. The second-order valence-electron chi connectivity index (χ2n) is 7.14. The maximum atomic E-state index is 11.9. The molecular formula is C21H28IN5OS. The Morgan fingerprint density at radius 1 is 1.10 bits per heavy atom. The van der Waals surface area contributed by atoms with Crippen LogP contribution in [0.5, 0.6) is 0 Å². The van der Waals surface area contributed by atoms with Gasteiger partial charge >= 0.3 is 0 Å². The van der Waals surface area contributed by atoms with Crippen LogP contribution in [-0.2, 0) is 11.3 Å². The largest absolute Gasteiger partial charge is 0.360 e. The number of guanidine groups is 1. The highest BCUT2D eigenvalue weighted by Crippen LogP contribution is 2.23. The molecule has 1 N–H and O–H groups in total. The molecule has 2 aliphatic heterocycles. The Balaban J connectivity index is 0.00000240. The Morgan fingerprint density at radius 2 is 1.86 bits per heavy atom. The van der Waals surface area contributed by atoms with Gasteiger partial charge in [0.25, 0.3) is 0 Å². The first-order valence-corrected chi connectivity index (χ1v) is 10.8. The Hall–Kier alpha value is -1.81. The summed E-state index contributed by atoms with van der Waals surface area (Å²) in [5.74, 6) is 1.18. The second-order valence-corrected chi connectivity index (χ2v) is 8.07. The maximum Gasteiger partial charge on any atom is 0.227 e.